The van der Waals surface area contributed by atoms with Crippen molar-refractivity contribution in [1.29, 1.82) is 0 Å². The van der Waals surface area contributed by atoms with Crippen LogP contribution in [0, 0.1) is 5.92 Å². The van der Waals surface area contributed by atoms with Crippen LogP contribution < -0.4 is 0 Å². The van der Waals surface area contributed by atoms with Gasteiger partial charge in [-0.05, 0) is 12.8 Å². The van der Waals surface area contributed by atoms with E-state index >= 15 is 0 Å². The van der Waals surface area contributed by atoms with E-state index in [1.807, 2.05) is 0 Å². The number of hydrogen-bond donors (Lipinski definition) is 0. The molecule has 0 aliphatic carbocycles. The summed E-state index contributed by atoms with van der Waals surface area (Å²) >= 11 is 1.46. The lowest BCUT2D eigenvalue weighted by molar-refractivity contribution is -0.403. The third-order valence-corrected chi connectivity index (χ3v) is 6.34. The lowest BCUT2D eigenvalue weighted by Gasteiger charge is -2.39. The molecule has 0 heterocycles. The number of hydrogen-bond acceptors (Lipinski definition) is 0. The lowest BCUT2D eigenvalue weighted by atomic mass is 9.85. The molecule has 0 spiro atoms. The molecule has 0 saturated heterocycles. The van der Waals surface area contributed by atoms with Gasteiger partial charge in [-0.15, -0.1) is 0 Å². The van der Waals surface area contributed by atoms with Gasteiger partial charge >= 0.3 is 23.9 Å². The third kappa shape index (κ3) is 6.82. The topological polar surface area (TPSA) is 0 Å². The van der Waals surface area contributed by atoms with Crippen LogP contribution in [0.3, 0.4) is 0 Å². The summed E-state index contributed by atoms with van der Waals surface area (Å²) in [5.41, 5.74) is 0. The predicted molar refractivity (Wildman–Crippen MR) is 99.7 cm³/mol. The van der Waals surface area contributed by atoms with Crippen molar-refractivity contribution >= 4 is 22.6 Å². The molecule has 0 aromatic carbocycles. The molecule has 0 amide bonds. The maximum Gasteiger partial charge on any atom is 0.460 e. The maximum atomic E-state index is 14.2. The summed E-state index contributed by atoms with van der Waals surface area (Å²) in [6.45, 7) is 3.16. The van der Waals surface area contributed by atoms with E-state index < -0.39 is 40.2 Å². The van der Waals surface area contributed by atoms with Gasteiger partial charge in [0.25, 0.3) is 0 Å². The first-order chi connectivity index (χ1) is 12.7. The lowest BCUT2D eigenvalue weighted by Crippen LogP contribution is -2.63. The van der Waals surface area contributed by atoms with E-state index in [0.29, 0.717) is 12.8 Å². The van der Waals surface area contributed by atoms with Gasteiger partial charge in [-0.1, -0.05) is 87.8 Å². The molecule has 0 saturated carbocycles. The molecule has 28 heavy (non-hydrogen) atoms. The van der Waals surface area contributed by atoms with Gasteiger partial charge in [0.15, 0.2) is 0 Å². The van der Waals surface area contributed by atoms with E-state index in [4.69, 9.17) is 0 Å². The van der Waals surface area contributed by atoms with Gasteiger partial charge in [0, 0.05) is 9.84 Å². The Morgan fingerprint density at radius 3 is 1.46 bits per heavy atom. The summed E-state index contributed by atoms with van der Waals surface area (Å²) in [5.74, 6) is -21.1. The highest BCUT2D eigenvalue weighted by Gasteiger charge is 2.82. The van der Waals surface area contributed by atoms with Gasteiger partial charge in [-0.25, -0.2) is 0 Å². The Morgan fingerprint density at radius 2 is 1.07 bits per heavy atom. The molecule has 0 nitrogen and oxygen atoms in total. The molecule has 0 aromatic heterocycles. The van der Waals surface area contributed by atoms with Crippen LogP contribution in [-0.2, 0) is 0 Å². The maximum absolute atomic E-state index is 14.2. The highest BCUT2D eigenvalue weighted by Crippen LogP contribution is 2.56. The molecule has 0 rings (SSSR count). The first-order valence-corrected chi connectivity index (χ1v) is 10.8. The van der Waals surface area contributed by atoms with E-state index in [0.717, 1.165) is 45.4 Å². The Balaban J connectivity index is 4.89. The van der Waals surface area contributed by atoms with E-state index in [-0.39, 0.29) is 6.42 Å². The molecule has 0 bridgehead atoms. The first-order valence-electron chi connectivity index (χ1n) is 9.52. The molecule has 0 fully saturated rings. The van der Waals surface area contributed by atoms with Crippen molar-refractivity contribution in [2.45, 2.75) is 106 Å². The second-order valence-electron chi connectivity index (χ2n) is 7.06. The minimum atomic E-state index is -6.81. The van der Waals surface area contributed by atoms with E-state index in [9.17, 15) is 39.5 Å². The summed E-state index contributed by atoms with van der Waals surface area (Å²) in [6, 6.07) is 0. The van der Waals surface area contributed by atoms with Crippen LogP contribution in [0.4, 0.5) is 39.5 Å². The zero-order valence-electron chi connectivity index (χ0n) is 16.0. The molecule has 0 aliphatic rings. The molecular weight excluding hydrogens is 514 g/mol. The number of rotatable bonds is 14. The minimum absolute atomic E-state index is 0.0529. The van der Waals surface area contributed by atoms with Crippen molar-refractivity contribution in [2.75, 3.05) is 0 Å². The number of halogens is 10. The van der Waals surface area contributed by atoms with Gasteiger partial charge in [0.1, 0.15) is 0 Å². The summed E-state index contributed by atoms with van der Waals surface area (Å²) < 4.78 is 117. The second kappa shape index (κ2) is 11.5. The van der Waals surface area contributed by atoms with Crippen LogP contribution >= 0.6 is 22.6 Å². The van der Waals surface area contributed by atoms with Crippen LogP contribution in [0.2, 0.25) is 0 Å². The molecule has 0 aromatic rings. The first kappa shape index (κ1) is 28.1. The van der Waals surface area contributed by atoms with E-state index in [1.54, 1.807) is 0 Å². The van der Waals surface area contributed by atoms with Gasteiger partial charge < -0.3 is 0 Å². The zero-order valence-corrected chi connectivity index (χ0v) is 18.2. The predicted octanol–water partition coefficient (Wildman–Crippen LogP) is 8.82. The van der Waals surface area contributed by atoms with E-state index in [2.05, 4.69) is 6.92 Å². The van der Waals surface area contributed by atoms with Crippen molar-refractivity contribution in [3.05, 3.63) is 0 Å². The Labute approximate surface area is 174 Å². The fraction of sp³-hybridized carbons (Fsp3) is 1.00. The summed E-state index contributed by atoms with van der Waals surface area (Å²) in [6.07, 6.45) is -0.111. The molecule has 0 N–H and O–H groups in total. The number of unbranched alkanes of at least 4 members (excludes halogenated alkanes) is 7. The molecule has 0 radical (unpaired) electrons. The van der Waals surface area contributed by atoms with Crippen molar-refractivity contribution < 1.29 is 39.5 Å². The van der Waals surface area contributed by atoms with Crippen molar-refractivity contribution in [3.63, 3.8) is 0 Å². The summed E-state index contributed by atoms with van der Waals surface area (Å²) in [4.78, 5) is 0. The monoisotopic (exact) mass is 542 g/mol. The van der Waals surface area contributed by atoms with Crippen LogP contribution in [-0.4, -0.2) is 27.9 Å². The molecular formula is C18H28F9I. The van der Waals surface area contributed by atoms with Gasteiger partial charge in [0.05, 0.1) is 0 Å². The summed E-state index contributed by atoms with van der Waals surface area (Å²) in [7, 11) is 0. The van der Waals surface area contributed by atoms with Gasteiger partial charge in [0.2, 0.25) is 0 Å². The van der Waals surface area contributed by atoms with Crippen LogP contribution in [0.5, 0.6) is 0 Å². The number of alkyl halides is 10. The molecule has 2 atom stereocenters. The molecule has 0 aliphatic heterocycles. The van der Waals surface area contributed by atoms with Crippen molar-refractivity contribution in [2.24, 2.45) is 5.92 Å². The Morgan fingerprint density at radius 1 is 0.643 bits per heavy atom. The van der Waals surface area contributed by atoms with E-state index in [1.165, 1.54) is 22.6 Å². The SMILES string of the molecule is CCCCCCCCCCC(I)C(CC)C(F)(F)C(F)(F)C(F)(F)C(F)(F)F. The third-order valence-electron chi connectivity index (χ3n) is 4.84. The Hall–Kier alpha value is 0.1000. The Bertz CT molecular complexity index is 435. The molecule has 2 unspecified atom stereocenters. The standard InChI is InChI=1S/C18H28F9I/c1-3-5-6-7-8-9-10-11-12-14(28)13(4-2)15(19,20)16(21,22)17(23,24)18(25,26)27/h13-14H,3-12H2,1-2H3. The largest absolute Gasteiger partial charge is 0.460 e. The fourth-order valence-electron chi connectivity index (χ4n) is 3.03. The highest BCUT2D eigenvalue weighted by molar-refractivity contribution is 14.1. The smallest absolute Gasteiger partial charge is 0.199 e. The summed E-state index contributed by atoms with van der Waals surface area (Å²) in [5, 5.41) is 0. The van der Waals surface area contributed by atoms with Crippen LogP contribution in [0.25, 0.3) is 0 Å². The highest BCUT2D eigenvalue weighted by atomic mass is 127. The van der Waals surface area contributed by atoms with Crippen molar-refractivity contribution in [1.82, 2.24) is 0 Å². The average Bonchev–Trinajstić information content (AvgIpc) is 2.56. The van der Waals surface area contributed by atoms with Gasteiger partial charge in [-0.3, -0.25) is 0 Å². The van der Waals surface area contributed by atoms with Crippen molar-refractivity contribution in [3.8, 4) is 0 Å². The molecule has 170 valence electrons. The second-order valence-corrected chi connectivity index (χ2v) is 8.66. The molecule has 10 heteroatoms. The quantitative estimate of drug-likeness (QED) is 0.0891. The Kier molecular flexibility index (Phi) is 11.5. The fourth-order valence-corrected chi connectivity index (χ4v) is 4.43. The minimum Gasteiger partial charge on any atom is -0.199 e. The van der Waals surface area contributed by atoms with Gasteiger partial charge in [-0.2, -0.15) is 39.5 Å². The normalized spacial score (nSPS) is 16.3. The average molecular weight is 542 g/mol. The van der Waals surface area contributed by atoms with Crippen LogP contribution in [0.1, 0.15) is 78.1 Å². The van der Waals surface area contributed by atoms with Crippen LogP contribution in [0.15, 0.2) is 0 Å². The zero-order chi connectivity index (χ0) is 22.2.